The van der Waals surface area contributed by atoms with Gasteiger partial charge in [0.25, 0.3) is 0 Å². The van der Waals surface area contributed by atoms with Crippen molar-refractivity contribution in [3.05, 3.63) is 69.6 Å². The van der Waals surface area contributed by atoms with E-state index in [9.17, 15) is 4.79 Å². The van der Waals surface area contributed by atoms with Crippen molar-refractivity contribution in [2.45, 2.75) is 37.9 Å². The van der Waals surface area contributed by atoms with Crippen LogP contribution in [0.15, 0.2) is 41.4 Å². The third-order valence-electron chi connectivity index (χ3n) is 6.07. The van der Waals surface area contributed by atoms with Gasteiger partial charge >= 0.3 is 6.03 Å². The first-order valence-electron chi connectivity index (χ1n) is 11.1. The Bertz CT molecular complexity index is 1150. The van der Waals surface area contributed by atoms with Crippen LogP contribution in [-0.2, 0) is 17.7 Å². The van der Waals surface area contributed by atoms with Gasteiger partial charge in [-0.1, -0.05) is 29.3 Å². The number of hydrogen-bond acceptors (Lipinski definition) is 7. The second kappa shape index (κ2) is 10.2. The molecule has 2 aromatic heterocycles. The second-order valence-electron chi connectivity index (χ2n) is 8.33. The highest BCUT2D eigenvalue weighted by atomic mass is 35.5. The van der Waals surface area contributed by atoms with Crippen LogP contribution in [0.5, 0.6) is 0 Å². The van der Waals surface area contributed by atoms with Crippen LogP contribution in [0.4, 0.5) is 10.7 Å². The topological polar surface area (TPSA) is 105 Å². The molecule has 0 bridgehead atoms. The summed E-state index contributed by atoms with van der Waals surface area (Å²) in [4.78, 5) is 28.2. The third kappa shape index (κ3) is 5.11. The number of halogens is 2. The highest BCUT2D eigenvalue weighted by Gasteiger charge is 2.27. The lowest BCUT2D eigenvalue weighted by molar-refractivity contribution is 0.0903. The number of fused-ring (bicyclic) bond motifs is 1. The molecule has 178 valence electrons. The van der Waals surface area contributed by atoms with E-state index in [0.717, 1.165) is 42.9 Å². The summed E-state index contributed by atoms with van der Waals surface area (Å²) in [6, 6.07) is 4.69. The van der Waals surface area contributed by atoms with Gasteiger partial charge in [-0.3, -0.25) is 0 Å². The van der Waals surface area contributed by atoms with Crippen LogP contribution in [0, 0.1) is 0 Å². The predicted molar refractivity (Wildman–Crippen MR) is 127 cm³/mol. The number of anilines is 1. The summed E-state index contributed by atoms with van der Waals surface area (Å²) in [5.41, 5.74) is 2.64. The van der Waals surface area contributed by atoms with Crippen LogP contribution in [0.1, 0.15) is 41.5 Å². The molecule has 1 atom stereocenters. The Morgan fingerprint density at radius 1 is 1.18 bits per heavy atom. The molecule has 11 heteroatoms. The molecule has 0 radical (unpaired) electrons. The average Bonchev–Trinajstić information content (AvgIpc) is 3.39. The number of aromatic nitrogens is 3. The fourth-order valence-corrected chi connectivity index (χ4v) is 4.47. The van der Waals surface area contributed by atoms with Crippen molar-refractivity contribution >= 4 is 35.2 Å². The monoisotopic (exact) mass is 502 g/mol. The Kier molecular flexibility index (Phi) is 6.85. The summed E-state index contributed by atoms with van der Waals surface area (Å²) in [6.45, 7) is 2.42. The molecule has 34 heavy (non-hydrogen) atoms. The number of rotatable bonds is 5. The van der Waals surface area contributed by atoms with Crippen molar-refractivity contribution in [2.75, 3.05) is 25.1 Å². The minimum absolute atomic E-state index is 0.240. The first-order valence-corrected chi connectivity index (χ1v) is 11.9. The van der Waals surface area contributed by atoms with Gasteiger partial charge in [-0.25, -0.2) is 19.7 Å². The predicted octanol–water partition coefficient (Wildman–Crippen LogP) is 4.22. The summed E-state index contributed by atoms with van der Waals surface area (Å²) in [6.07, 6.45) is 7.28. The minimum Gasteiger partial charge on any atom is -0.446 e. The molecule has 3 aromatic rings. The molecule has 2 aliphatic rings. The lowest BCUT2D eigenvalue weighted by atomic mass is 10.0. The fourth-order valence-electron chi connectivity index (χ4n) is 4.16. The van der Waals surface area contributed by atoms with Crippen molar-refractivity contribution in [3.63, 3.8) is 0 Å². The van der Waals surface area contributed by atoms with Crippen molar-refractivity contribution in [1.29, 1.82) is 0 Å². The molecule has 0 unspecified atom stereocenters. The van der Waals surface area contributed by atoms with Gasteiger partial charge in [0, 0.05) is 32.0 Å². The van der Waals surface area contributed by atoms with Gasteiger partial charge in [0.05, 0.1) is 28.5 Å². The zero-order valence-electron chi connectivity index (χ0n) is 18.3. The van der Waals surface area contributed by atoms with Gasteiger partial charge in [0.2, 0.25) is 5.95 Å². The number of carbonyl (C=O) groups is 1. The maximum absolute atomic E-state index is 13.3. The van der Waals surface area contributed by atoms with Crippen LogP contribution in [0.25, 0.3) is 0 Å². The molecule has 0 saturated carbocycles. The van der Waals surface area contributed by atoms with Gasteiger partial charge in [-0.15, -0.1) is 0 Å². The highest BCUT2D eigenvalue weighted by molar-refractivity contribution is 6.42. The Morgan fingerprint density at radius 3 is 2.79 bits per heavy atom. The zero-order valence-corrected chi connectivity index (χ0v) is 19.8. The Balaban J connectivity index is 1.30. The van der Waals surface area contributed by atoms with E-state index in [1.165, 1.54) is 6.39 Å². The van der Waals surface area contributed by atoms with E-state index in [1.54, 1.807) is 29.3 Å². The van der Waals surface area contributed by atoms with Crippen molar-refractivity contribution in [1.82, 2.24) is 25.2 Å². The summed E-state index contributed by atoms with van der Waals surface area (Å²) in [5, 5.41) is 7.27. The molecule has 9 nitrogen and oxygen atoms in total. The summed E-state index contributed by atoms with van der Waals surface area (Å²) in [7, 11) is 0. The van der Waals surface area contributed by atoms with Crippen LogP contribution in [0.3, 0.4) is 0 Å². The molecule has 4 heterocycles. The molecular formula is C23H24Cl2N6O3. The molecule has 2 amide bonds. The van der Waals surface area contributed by atoms with Gasteiger partial charge in [-0.2, -0.15) is 0 Å². The van der Waals surface area contributed by atoms with E-state index < -0.39 is 6.04 Å². The zero-order chi connectivity index (χ0) is 23.5. The van der Waals surface area contributed by atoms with Crippen molar-refractivity contribution in [2.24, 2.45) is 0 Å². The summed E-state index contributed by atoms with van der Waals surface area (Å²) >= 11 is 12.3. The maximum atomic E-state index is 13.3. The number of nitrogens with zero attached hydrogens (tertiary/aromatic N) is 4. The molecule has 2 N–H and O–H groups in total. The van der Waals surface area contributed by atoms with Crippen LogP contribution in [0.2, 0.25) is 10.0 Å². The highest BCUT2D eigenvalue weighted by Crippen LogP contribution is 2.29. The van der Waals surface area contributed by atoms with Crippen LogP contribution >= 0.6 is 23.2 Å². The first-order chi connectivity index (χ1) is 16.6. The van der Waals surface area contributed by atoms with E-state index in [1.807, 2.05) is 6.20 Å². The first kappa shape index (κ1) is 22.9. The number of urea groups is 1. The van der Waals surface area contributed by atoms with Gasteiger partial charge < -0.3 is 24.7 Å². The number of benzene rings is 1. The van der Waals surface area contributed by atoms with Gasteiger partial charge in [0.1, 0.15) is 6.04 Å². The van der Waals surface area contributed by atoms with E-state index in [-0.39, 0.29) is 6.03 Å². The summed E-state index contributed by atoms with van der Waals surface area (Å²) < 4.78 is 10.9. The van der Waals surface area contributed by atoms with Gasteiger partial charge in [-0.05, 0) is 42.5 Å². The Labute approximate surface area is 206 Å². The second-order valence-corrected chi connectivity index (χ2v) is 9.14. The number of amides is 2. The molecule has 1 saturated heterocycles. The molecule has 1 aromatic carbocycles. The smallest absolute Gasteiger partial charge is 0.318 e. The number of hydrogen-bond donors (Lipinski definition) is 2. The van der Waals surface area contributed by atoms with Crippen LogP contribution in [-0.4, -0.2) is 51.7 Å². The molecule has 0 spiro atoms. The number of ether oxygens (including phenoxy) is 1. The van der Waals surface area contributed by atoms with Gasteiger partial charge in [0.15, 0.2) is 12.2 Å². The van der Waals surface area contributed by atoms with E-state index in [2.05, 4.69) is 20.6 Å². The Hall–Kier alpha value is -2.88. The van der Waals surface area contributed by atoms with Crippen molar-refractivity contribution < 1.29 is 13.9 Å². The largest absolute Gasteiger partial charge is 0.446 e. The maximum Gasteiger partial charge on any atom is 0.318 e. The fraction of sp³-hybridized carbons (Fsp3) is 0.391. The van der Waals surface area contributed by atoms with E-state index in [4.69, 9.17) is 37.3 Å². The lowest BCUT2D eigenvalue weighted by Gasteiger charge is -2.30. The number of nitrogens with one attached hydrogen (secondary N) is 2. The minimum atomic E-state index is -0.567. The summed E-state index contributed by atoms with van der Waals surface area (Å²) in [5.74, 6) is 1.08. The Morgan fingerprint density at radius 2 is 2.03 bits per heavy atom. The van der Waals surface area contributed by atoms with Crippen molar-refractivity contribution in [3.8, 4) is 0 Å². The molecule has 2 aliphatic heterocycles. The number of oxazole rings is 1. The standard InChI is InChI=1S/C23H24Cl2N6O3/c24-17-2-1-14(9-18(17)25)21(20-11-26-13-34-20)30-23(32)31-6-3-15-10-27-22(29-19(15)12-31)28-16-4-7-33-8-5-16/h1-2,9-11,13,16,21H,3-8,12H2,(H,30,32)(H,27,28,29)/t21-/m0/s1. The van der Waals surface area contributed by atoms with E-state index >= 15 is 0 Å². The quantitative estimate of drug-likeness (QED) is 0.537. The molecular weight excluding hydrogens is 479 g/mol. The molecule has 5 rings (SSSR count). The third-order valence-corrected chi connectivity index (χ3v) is 6.81. The molecule has 1 fully saturated rings. The molecule has 0 aliphatic carbocycles. The van der Waals surface area contributed by atoms with E-state index in [0.29, 0.717) is 47.3 Å². The average molecular weight is 503 g/mol. The normalized spacial score (nSPS) is 17.2. The SMILES string of the molecule is O=C(N[C@@H](c1ccc(Cl)c(Cl)c1)c1cnco1)N1CCc2cnc(NC3CCOCC3)nc2C1. The lowest BCUT2D eigenvalue weighted by Crippen LogP contribution is -2.44. The van der Waals surface area contributed by atoms with Crippen LogP contribution < -0.4 is 10.6 Å². The number of carbonyl (C=O) groups excluding carboxylic acids is 1.